The second-order valence-electron chi connectivity index (χ2n) is 8.01. The lowest BCUT2D eigenvalue weighted by molar-refractivity contribution is 0.415. The van der Waals surface area contributed by atoms with Crippen LogP contribution in [0.2, 0.25) is 0 Å². The summed E-state index contributed by atoms with van der Waals surface area (Å²) >= 11 is 0. The van der Waals surface area contributed by atoms with Crippen LogP contribution >= 0.6 is 0 Å². The van der Waals surface area contributed by atoms with Gasteiger partial charge in [-0.3, -0.25) is 0 Å². The highest BCUT2D eigenvalue weighted by atomic mass is 16.5. The van der Waals surface area contributed by atoms with E-state index in [2.05, 4.69) is 18.2 Å². The Kier molecular flexibility index (Phi) is 3.37. The van der Waals surface area contributed by atoms with Crippen LogP contribution in [-0.2, 0) is 0 Å². The number of para-hydroxylation sites is 1. The van der Waals surface area contributed by atoms with Crippen molar-refractivity contribution < 1.29 is 18.3 Å². The van der Waals surface area contributed by atoms with Gasteiger partial charge in [-0.05, 0) is 47.9 Å². The quantitative estimate of drug-likeness (QED) is 0.212. The van der Waals surface area contributed by atoms with Crippen molar-refractivity contribution in [1.29, 1.82) is 0 Å². The van der Waals surface area contributed by atoms with Crippen LogP contribution < -0.4 is 9.47 Å². The average molecular weight is 418 g/mol. The molecule has 0 amide bonds. The van der Waals surface area contributed by atoms with Crippen LogP contribution in [0.5, 0.6) is 11.5 Å². The van der Waals surface area contributed by atoms with Crippen LogP contribution in [0.4, 0.5) is 0 Å². The van der Waals surface area contributed by atoms with E-state index in [1.165, 1.54) is 0 Å². The Hall–Kier alpha value is -4.18. The minimum atomic E-state index is 0.790. The van der Waals surface area contributed by atoms with Crippen molar-refractivity contribution in [1.82, 2.24) is 0 Å². The zero-order valence-corrected chi connectivity index (χ0v) is 17.6. The van der Waals surface area contributed by atoms with Gasteiger partial charge in [-0.25, -0.2) is 0 Å². The number of hydrogen-bond acceptors (Lipinski definition) is 4. The molecule has 4 nitrogen and oxygen atoms in total. The van der Waals surface area contributed by atoms with Gasteiger partial charge in [-0.15, -0.1) is 0 Å². The summed E-state index contributed by atoms with van der Waals surface area (Å²) in [5.41, 5.74) is 3.32. The summed E-state index contributed by atoms with van der Waals surface area (Å²) < 4.78 is 24.1. The first kappa shape index (κ1) is 17.5. The fourth-order valence-electron chi connectivity index (χ4n) is 5.13. The summed E-state index contributed by atoms with van der Waals surface area (Å²) in [6.45, 7) is 0. The number of benzene rings is 5. The SMILES string of the molecule is COc1ccc2oc3cccc4c5c(OC)ccc6oc7ccccc7c(c65)c(c2c1)c34. The highest BCUT2D eigenvalue weighted by molar-refractivity contribution is 6.40. The molecule has 0 aliphatic rings. The molecule has 0 aliphatic carbocycles. The molecule has 4 heteroatoms. The molecular weight excluding hydrogens is 400 g/mol. The molecule has 2 aromatic heterocycles. The van der Waals surface area contributed by atoms with Crippen LogP contribution in [0.3, 0.4) is 0 Å². The molecule has 0 fully saturated rings. The minimum absolute atomic E-state index is 0.790. The van der Waals surface area contributed by atoms with Crippen molar-refractivity contribution in [3.05, 3.63) is 72.8 Å². The summed E-state index contributed by atoms with van der Waals surface area (Å²) in [5, 5.41) is 8.57. The van der Waals surface area contributed by atoms with Gasteiger partial charge in [0.05, 0.1) is 14.2 Å². The standard InChI is InChI=1S/C28H18O4/c1-29-15-10-11-20-18(14-15)27-25-17(7-5-9-22(25)32-20)24-21(30-2)12-13-23-28(24)26(27)16-6-3-4-8-19(16)31-23/h3-14H,1-2H3. The molecule has 5 aromatic carbocycles. The van der Waals surface area contributed by atoms with Crippen LogP contribution in [0.25, 0.3) is 65.4 Å². The molecule has 2 heterocycles. The lowest BCUT2D eigenvalue weighted by Crippen LogP contribution is -1.93. The molecule has 0 bridgehead atoms. The Balaban J connectivity index is 1.96. The predicted molar refractivity (Wildman–Crippen MR) is 129 cm³/mol. The number of methoxy groups -OCH3 is 2. The van der Waals surface area contributed by atoms with Crippen LogP contribution in [0.15, 0.2) is 81.6 Å². The zero-order chi connectivity index (χ0) is 21.4. The van der Waals surface area contributed by atoms with Crippen molar-refractivity contribution in [2.24, 2.45) is 0 Å². The fraction of sp³-hybridized carbons (Fsp3) is 0.0714. The molecule has 0 spiro atoms. The normalized spacial score (nSPS) is 12.1. The fourth-order valence-corrected chi connectivity index (χ4v) is 5.13. The number of rotatable bonds is 2. The highest BCUT2D eigenvalue weighted by Gasteiger charge is 2.22. The maximum absolute atomic E-state index is 6.38. The Bertz CT molecular complexity index is 1850. The van der Waals surface area contributed by atoms with E-state index in [-0.39, 0.29) is 0 Å². The van der Waals surface area contributed by atoms with Gasteiger partial charge in [-0.1, -0.05) is 30.3 Å². The maximum Gasteiger partial charge on any atom is 0.136 e. The van der Waals surface area contributed by atoms with Crippen molar-refractivity contribution >= 4 is 65.4 Å². The van der Waals surface area contributed by atoms with E-state index in [0.29, 0.717) is 0 Å². The predicted octanol–water partition coefficient (Wildman–Crippen LogP) is 7.81. The summed E-state index contributed by atoms with van der Waals surface area (Å²) in [4.78, 5) is 0. The van der Waals surface area contributed by atoms with Crippen molar-refractivity contribution in [3.8, 4) is 11.5 Å². The summed E-state index contributed by atoms with van der Waals surface area (Å²) in [6, 6.07) is 24.3. The molecule has 0 saturated heterocycles. The molecule has 154 valence electrons. The lowest BCUT2D eigenvalue weighted by atomic mass is 9.89. The smallest absolute Gasteiger partial charge is 0.136 e. The molecule has 0 saturated carbocycles. The third kappa shape index (κ3) is 2.11. The zero-order valence-electron chi connectivity index (χ0n) is 17.6. The van der Waals surface area contributed by atoms with Gasteiger partial charge < -0.3 is 18.3 Å². The Morgan fingerprint density at radius 3 is 2.03 bits per heavy atom. The first-order valence-electron chi connectivity index (χ1n) is 10.5. The first-order valence-corrected chi connectivity index (χ1v) is 10.5. The summed E-state index contributed by atoms with van der Waals surface area (Å²) in [5.74, 6) is 1.60. The van der Waals surface area contributed by atoms with Crippen molar-refractivity contribution in [2.45, 2.75) is 0 Å². The second kappa shape index (κ2) is 6.17. The van der Waals surface area contributed by atoms with E-state index in [1.54, 1.807) is 14.2 Å². The van der Waals surface area contributed by atoms with E-state index in [9.17, 15) is 0 Å². The van der Waals surface area contributed by atoms with Crippen molar-refractivity contribution in [3.63, 3.8) is 0 Å². The van der Waals surface area contributed by atoms with E-state index in [0.717, 1.165) is 76.9 Å². The molecule has 0 aliphatic heterocycles. The van der Waals surface area contributed by atoms with Crippen LogP contribution in [0.1, 0.15) is 0 Å². The second-order valence-corrected chi connectivity index (χ2v) is 8.01. The van der Waals surface area contributed by atoms with Gasteiger partial charge in [0, 0.05) is 37.7 Å². The van der Waals surface area contributed by atoms with Crippen LogP contribution in [-0.4, -0.2) is 14.2 Å². The van der Waals surface area contributed by atoms with E-state index < -0.39 is 0 Å². The minimum Gasteiger partial charge on any atom is -0.497 e. The third-order valence-corrected chi connectivity index (χ3v) is 6.45. The molecular formula is C28H18O4. The Morgan fingerprint density at radius 2 is 1.19 bits per heavy atom. The molecule has 7 rings (SSSR count). The van der Waals surface area contributed by atoms with Gasteiger partial charge >= 0.3 is 0 Å². The summed E-state index contributed by atoms with van der Waals surface area (Å²) in [6.07, 6.45) is 0. The molecule has 0 N–H and O–H groups in total. The van der Waals surface area contributed by atoms with E-state index in [4.69, 9.17) is 18.3 Å². The van der Waals surface area contributed by atoms with E-state index in [1.807, 2.05) is 54.6 Å². The van der Waals surface area contributed by atoms with E-state index >= 15 is 0 Å². The number of fused-ring (bicyclic) bond motifs is 6. The van der Waals surface area contributed by atoms with Gasteiger partial charge in [0.15, 0.2) is 0 Å². The molecule has 0 unspecified atom stereocenters. The molecule has 0 atom stereocenters. The Labute approximate surface area is 182 Å². The average Bonchev–Trinajstić information content (AvgIpc) is 2.85. The monoisotopic (exact) mass is 418 g/mol. The summed E-state index contributed by atoms with van der Waals surface area (Å²) in [7, 11) is 3.40. The number of hydrogen-bond donors (Lipinski definition) is 0. The molecule has 32 heavy (non-hydrogen) atoms. The maximum atomic E-state index is 6.38. The van der Waals surface area contributed by atoms with Gasteiger partial charge in [0.1, 0.15) is 33.8 Å². The van der Waals surface area contributed by atoms with Gasteiger partial charge in [0.2, 0.25) is 0 Å². The van der Waals surface area contributed by atoms with Crippen LogP contribution in [0, 0.1) is 0 Å². The Morgan fingerprint density at radius 1 is 0.500 bits per heavy atom. The highest BCUT2D eigenvalue weighted by Crippen LogP contribution is 2.48. The topological polar surface area (TPSA) is 44.7 Å². The number of ether oxygens (including phenoxy) is 2. The molecule has 7 aromatic rings. The van der Waals surface area contributed by atoms with Gasteiger partial charge in [-0.2, -0.15) is 0 Å². The first-order chi connectivity index (χ1) is 15.8. The van der Waals surface area contributed by atoms with Gasteiger partial charge in [0.25, 0.3) is 0 Å². The molecule has 0 radical (unpaired) electrons. The lowest BCUT2D eigenvalue weighted by Gasteiger charge is -2.18. The third-order valence-electron chi connectivity index (χ3n) is 6.45. The van der Waals surface area contributed by atoms with Crippen molar-refractivity contribution in [2.75, 3.05) is 14.2 Å². The largest absolute Gasteiger partial charge is 0.497 e.